The van der Waals surface area contributed by atoms with Crippen LogP contribution < -0.4 is 10.6 Å². The van der Waals surface area contributed by atoms with Crippen molar-refractivity contribution in [2.24, 2.45) is 0 Å². The second-order valence-electron chi connectivity index (χ2n) is 6.16. The van der Waals surface area contributed by atoms with E-state index in [4.69, 9.17) is 0 Å². The van der Waals surface area contributed by atoms with Crippen LogP contribution in [0.4, 0.5) is 4.79 Å². The van der Waals surface area contributed by atoms with Gasteiger partial charge in [-0.2, -0.15) is 11.8 Å². The summed E-state index contributed by atoms with van der Waals surface area (Å²) < 4.78 is 0. The van der Waals surface area contributed by atoms with Gasteiger partial charge in [0.05, 0.1) is 19.1 Å². The molecule has 1 heterocycles. The van der Waals surface area contributed by atoms with Gasteiger partial charge < -0.3 is 15.7 Å². The molecule has 1 aromatic carbocycles. The molecule has 2 rings (SSSR count). The molecule has 0 aromatic heterocycles. The molecule has 1 fully saturated rings. The van der Waals surface area contributed by atoms with Crippen LogP contribution in [0.25, 0.3) is 0 Å². The highest BCUT2D eigenvalue weighted by atomic mass is 32.2. The molecule has 1 aliphatic heterocycles. The van der Waals surface area contributed by atoms with Crippen LogP contribution in [0.15, 0.2) is 30.3 Å². The maximum absolute atomic E-state index is 12.4. The van der Waals surface area contributed by atoms with Crippen molar-refractivity contribution in [1.29, 1.82) is 0 Å². The monoisotopic (exact) mass is 379 g/mol. The number of carbonyl (C=O) groups is 3. The number of nitrogens with zero attached hydrogens (tertiary/aromatic N) is 1. The predicted octanol–water partition coefficient (Wildman–Crippen LogP) is 0.770. The normalized spacial score (nSPS) is 17.9. The van der Waals surface area contributed by atoms with Gasteiger partial charge in [0.25, 0.3) is 5.91 Å². The number of thioether (sulfide) groups is 1. The van der Waals surface area contributed by atoms with E-state index in [1.165, 1.54) is 0 Å². The average Bonchev–Trinajstić information content (AvgIpc) is 2.90. The zero-order chi connectivity index (χ0) is 18.9. The molecule has 0 bridgehead atoms. The minimum absolute atomic E-state index is 0.123. The summed E-state index contributed by atoms with van der Waals surface area (Å²) >= 11 is 1.63. The van der Waals surface area contributed by atoms with Crippen molar-refractivity contribution in [2.45, 2.75) is 31.3 Å². The van der Waals surface area contributed by atoms with Crippen molar-refractivity contribution in [3.63, 3.8) is 0 Å². The van der Waals surface area contributed by atoms with Crippen molar-refractivity contribution in [3.8, 4) is 0 Å². The van der Waals surface area contributed by atoms with Gasteiger partial charge in [0, 0.05) is 6.54 Å². The van der Waals surface area contributed by atoms with Crippen molar-refractivity contribution >= 4 is 29.6 Å². The topological polar surface area (TPSA) is 98.7 Å². The summed E-state index contributed by atoms with van der Waals surface area (Å²) in [5.41, 5.74) is 1.04. The Bertz CT molecular complexity index is 626. The number of imide groups is 1. The van der Waals surface area contributed by atoms with Gasteiger partial charge in [0.1, 0.15) is 6.04 Å². The third kappa shape index (κ3) is 5.74. The van der Waals surface area contributed by atoms with Gasteiger partial charge in [0.2, 0.25) is 5.91 Å². The highest BCUT2D eigenvalue weighted by Crippen LogP contribution is 2.12. The Morgan fingerprint density at radius 3 is 2.73 bits per heavy atom. The number of hydrogen-bond donors (Lipinski definition) is 3. The van der Waals surface area contributed by atoms with Crippen LogP contribution in [0.3, 0.4) is 0 Å². The molecule has 142 valence electrons. The summed E-state index contributed by atoms with van der Waals surface area (Å²) in [7, 11) is 0. The van der Waals surface area contributed by atoms with E-state index in [0.29, 0.717) is 12.8 Å². The molecule has 26 heavy (non-hydrogen) atoms. The Labute approximate surface area is 157 Å². The largest absolute Gasteiger partial charge is 0.394 e. The van der Waals surface area contributed by atoms with E-state index in [2.05, 4.69) is 10.6 Å². The van der Waals surface area contributed by atoms with Crippen LogP contribution in [0, 0.1) is 0 Å². The number of aliphatic hydroxyl groups excluding tert-OH is 1. The number of carbonyl (C=O) groups excluding carboxylic acids is 3. The fraction of sp³-hybridized carbons (Fsp3) is 0.500. The molecule has 1 aromatic rings. The molecule has 7 nitrogen and oxygen atoms in total. The first-order valence-corrected chi connectivity index (χ1v) is 9.99. The highest BCUT2D eigenvalue weighted by molar-refractivity contribution is 7.98. The first-order valence-electron chi connectivity index (χ1n) is 8.60. The number of nitrogens with one attached hydrogen (secondary N) is 2. The SMILES string of the molecule is CSCC[C@H](CO)NC(=O)C[C@@H]1NC(=O)N(CCc2ccccc2)C1=O. The van der Waals surface area contributed by atoms with E-state index in [-0.39, 0.29) is 37.4 Å². The van der Waals surface area contributed by atoms with Gasteiger partial charge in [-0.3, -0.25) is 14.5 Å². The maximum Gasteiger partial charge on any atom is 0.324 e. The van der Waals surface area contributed by atoms with Crippen LogP contribution in [-0.4, -0.2) is 65.1 Å². The second kappa shape index (κ2) is 10.2. The maximum atomic E-state index is 12.4. The van der Waals surface area contributed by atoms with Gasteiger partial charge in [-0.1, -0.05) is 30.3 Å². The fourth-order valence-electron chi connectivity index (χ4n) is 2.75. The van der Waals surface area contributed by atoms with Gasteiger partial charge in [-0.15, -0.1) is 0 Å². The summed E-state index contributed by atoms with van der Waals surface area (Å²) in [4.78, 5) is 37.7. The summed E-state index contributed by atoms with van der Waals surface area (Å²) in [6.45, 7) is 0.125. The molecule has 3 N–H and O–H groups in total. The Morgan fingerprint density at radius 1 is 1.35 bits per heavy atom. The Morgan fingerprint density at radius 2 is 2.08 bits per heavy atom. The molecule has 2 atom stereocenters. The molecule has 0 unspecified atom stereocenters. The van der Waals surface area contributed by atoms with Crippen molar-refractivity contribution < 1.29 is 19.5 Å². The predicted molar refractivity (Wildman–Crippen MR) is 101 cm³/mol. The molecule has 8 heteroatoms. The van der Waals surface area contributed by atoms with E-state index < -0.39 is 12.1 Å². The van der Waals surface area contributed by atoms with E-state index in [1.54, 1.807) is 11.8 Å². The number of aliphatic hydroxyl groups is 1. The lowest BCUT2D eigenvalue weighted by atomic mass is 10.1. The number of urea groups is 1. The van der Waals surface area contributed by atoms with Gasteiger partial charge in [-0.05, 0) is 30.4 Å². The minimum atomic E-state index is -0.849. The van der Waals surface area contributed by atoms with Crippen molar-refractivity contribution in [3.05, 3.63) is 35.9 Å². The average molecular weight is 379 g/mol. The lowest BCUT2D eigenvalue weighted by Gasteiger charge is -2.17. The first kappa shape index (κ1) is 20.3. The van der Waals surface area contributed by atoms with Crippen LogP contribution >= 0.6 is 11.8 Å². The Kier molecular flexibility index (Phi) is 7.93. The number of amides is 4. The van der Waals surface area contributed by atoms with Crippen molar-refractivity contribution in [2.75, 3.05) is 25.2 Å². The zero-order valence-electron chi connectivity index (χ0n) is 14.8. The van der Waals surface area contributed by atoms with E-state index >= 15 is 0 Å². The molecule has 0 saturated carbocycles. The zero-order valence-corrected chi connectivity index (χ0v) is 15.6. The Balaban J connectivity index is 1.84. The Hall–Kier alpha value is -2.06. The molecule has 1 saturated heterocycles. The van der Waals surface area contributed by atoms with Gasteiger partial charge >= 0.3 is 6.03 Å². The molecule has 1 aliphatic rings. The quantitative estimate of drug-likeness (QED) is 0.522. The van der Waals surface area contributed by atoms with E-state index in [0.717, 1.165) is 16.2 Å². The van der Waals surface area contributed by atoms with Gasteiger partial charge in [0.15, 0.2) is 0 Å². The summed E-state index contributed by atoms with van der Waals surface area (Å²) in [6, 6.07) is 7.94. The number of hydrogen-bond acceptors (Lipinski definition) is 5. The highest BCUT2D eigenvalue weighted by Gasteiger charge is 2.38. The summed E-state index contributed by atoms with van der Waals surface area (Å²) in [6.07, 6.45) is 3.05. The van der Waals surface area contributed by atoms with Crippen LogP contribution in [-0.2, 0) is 16.0 Å². The van der Waals surface area contributed by atoms with Crippen LogP contribution in [0.1, 0.15) is 18.4 Å². The summed E-state index contributed by atoms with van der Waals surface area (Å²) in [5, 5.41) is 14.6. The number of benzene rings is 1. The smallest absolute Gasteiger partial charge is 0.324 e. The van der Waals surface area contributed by atoms with Crippen molar-refractivity contribution in [1.82, 2.24) is 15.5 Å². The third-order valence-electron chi connectivity index (χ3n) is 4.22. The number of rotatable bonds is 10. The van der Waals surface area contributed by atoms with Crippen LogP contribution in [0.5, 0.6) is 0 Å². The van der Waals surface area contributed by atoms with Crippen LogP contribution in [0.2, 0.25) is 0 Å². The molecule has 4 amide bonds. The summed E-state index contributed by atoms with van der Waals surface area (Å²) in [5.74, 6) is 0.0807. The van der Waals surface area contributed by atoms with E-state index in [1.807, 2.05) is 36.6 Å². The molecule has 0 spiro atoms. The third-order valence-corrected chi connectivity index (χ3v) is 4.86. The molecular formula is C18H25N3O4S. The fourth-order valence-corrected chi connectivity index (χ4v) is 3.27. The van der Waals surface area contributed by atoms with Gasteiger partial charge in [-0.25, -0.2) is 4.79 Å². The minimum Gasteiger partial charge on any atom is -0.394 e. The second-order valence-corrected chi connectivity index (χ2v) is 7.15. The lowest BCUT2D eigenvalue weighted by molar-refractivity contribution is -0.131. The first-order chi connectivity index (χ1) is 12.5. The molecule has 0 aliphatic carbocycles. The molecule has 0 radical (unpaired) electrons. The lowest BCUT2D eigenvalue weighted by Crippen LogP contribution is -2.42. The van der Waals surface area contributed by atoms with E-state index in [9.17, 15) is 19.5 Å². The molecular weight excluding hydrogens is 354 g/mol. The standard InChI is InChI=1S/C18H25N3O4S/c1-26-10-8-14(12-22)19-16(23)11-15-17(24)21(18(25)20-15)9-7-13-5-3-2-4-6-13/h2-6,14-15,22H,7-12H2,1H3,(H,19,23)(H,20,25)/t14-,15+/m1/s1.